The van der Waals surface area contributed by atoms with E-state index in [1.54, 1.807) is 18.2 Å². The highest BCUT2D eigenvalue weighted by atomic mass is 35.5. The van der Waals surface area contributed by atoms with Gasteiger partial charge in [0.1, 0.15) is 5.75 Å². The lowest BCUT2D eigenvalue weighted by Gasteiger charge is -2.06. The number of unbranched alkanes of at least 4 members (excludes halogenated alkanes) is 1. The molecule has 1 rings (SSSR count). The number of carbonyl (C=O) groups excluding carboxylic acids is 1. The Labute approximate surface area is 126 Å². The second-order valence-corrected chi connectivity index (χ2v) is 6.47. The van der Waals surface area contributed by atoms with Crippen LogP contribution in [-0.4, -0.2) is 22.4 Å². The Kier molecular flexibility index (Phi) is 7.42. The molecule has 0 unspecified atom stereocenters. The van der Waals surface area contributed by atoms with Crippen molar-refractivity contribution < 1.29 is 9.00 Å². The molecular formula is C13H17Cl2NO2S. The van der Waals surface area contributed by atoms with Crippen LogP contribution in [0.2, 0.25) is 10.0 Å². The van der Waals surface area contributed by atoms with E-state index < -0.39 is 10.8 Å². The largest absolute Gasteiger partial charge is 0.355 e. The van der Waals surface area contributed by atoms with Crippen molar-refractivity contribution in [2.45, 2.75) is 25.5 Å². The predicted molar refractivity (Wildman–Crippen MR) is 81.1 cm³/mol. The number of rotatable bonds is 7. The number of hydrogen-bond donors (Lipinski definition) is 1. The van der Waals surface area contributed by atoms with Crippen LogP contribution in [0.3, 0.4) is 0 Å². The normalized spacial score (nSPS) is 12.2. The van der Waals surface area contributed by atoms with Crippen LogP contribution < -0.4 is 5.32 Å². The van der Waals surface area contributed by atoms with Gasteiger partial charge in [-0.2, -0.15) is 0 Å². The smallest absolute Gasteiger partial charge is 0.232 e. The molecule has 1 atom stereocenters. The molecular weight excluding hydrogens is 305 g/mol. The van der Waals surface area contributed by atoms with Crippen molar-refractivity contribution in [2.75, 3.05) is 12.3 Å². The number of hydrogen-bond acceptors (Lipinski definition) is 2. The van der Waals surface area contributed by atoms with E-state index in [9.17, 15) is 9.00 Å². The fourth-order valence-corrected chi connectivity index (χ4v) is 3.11. The number of nitrogens with one attached hydrogen (secondary N) is 1. The molecule has 0 aliphatic rings. The van der Waals surface area contributed by atoms with Gasteiger partial charge in [-0.3, -0.25) is 9.00 Å². The maximum atomic E-state index is 11.9. The Morgan fingerprint density at radius 3 is 2.74 bits per heavy atom. The third-order valence-corrected chi connectivity index (χ3v) is 4.28. The summed E-state index contributed by atoms with van der Waals surface area (Å²) < 4.78 is 11.9. The van der Waals surface area contributed by atoms with E-state index in [1.807, 2.05) is 6.92 Å². The fraction of sp³-hybridized carbons (Fsp3) is 0.462. The van der Waals surface area contributed by atoms with Crippen LogP contribution in [0.5, 0.6) is 0 Å². The van der Waals surface area contributed by atoms with Crippen molar-refractivity contribution in [1.29, 1.82) is 0 Å². The van der Waals surface area contributed by atoms with Crippen molar-refractivity contribution in [2.24, 2.45) is 0 Å². The highest BCUT2D eigenvalue weighted by Crippen LogP contribution is 2.22. The number of halogens is 2. The van der Waals surface area contributed by atoms with Gasteiger partial charge in [-0.25, -0.2) is 0 Å². The fourth-order valence-electron chi connectivity index (χ4n) is 1.47. The van der Waals surface area contributed by atoms with E-state index in [0.29, 0.717) is 16.6 Å². The minimum Gasteiger partial charge on any atom is -0.355 e. The summed E-state index contributed by atoms with van der Waals surface area (Å²) in [6.45, 7) is 2.68. The van der Waals surface area contributed by atoms with E-state index in [4.69, 9.17) is 23.2 Å². The number of amides is 1. The molecule has 0 aliphatic heterocycles. The first-order valence-electron chi connectivity index (χ1n) is 6.08. The molecule has 0 aliphatic carbocycles. The second-order valence-electron chi connectivity index (χ2n) is 4.17. The average molecular weight is 322 g/mol. The second kappa shape index (κ2) is 8.56. The number of carbonyl (C=O) groups is 1. The Morgan fingerprint density at radius 2 is 2.11 bits per heavy atom. The molecule has 1 aromatic carbocycles. The van der Waals surface area contributed by atoms with Gasteiger partial charge in [-0.15, -0.1) is 0 Å². The summed E-state index contributed by atoms with van der Waals surface area (Å²) >= 11 is 11.8. The van der Waals surface area contributed by atoms with E-state index in [1.165, 1.54) is 0 Å². The van der Waals surface area contributed by atoms with Crippen LogP contribution in [0.1, 0.15) is 25.3 Å². The minimum atomic E-state index is -1.26. The Morgan fingerprint density at radius 1 is 1.37 bits per heavy atom. The summed E-state index contributed by atoms with van der Waals surface area (Å²) in [7, 11) is -1.26. The van der Waals surface area contributed by atoms with Gasteiger partial charge in [0.05, 0.1) is 5.75 Å². The lowest BCUT2D eigenvalue weighted by molar-refractivity contribution is -0.118. The molecule has 0 spiro atoms. The summed E-state index contributed by atoms with van der Waals surface area (Å²) in [5.74, 6) is 0.0803. The summed E-state index contributed by atoms with van der Waals surface area (Å²) in [5, 5.41) is 3.76. The van der Waals surface area contributed by atoms with Gasteiger partial charge in [0.25, 0.3) is 0 Å². The van der Waals surface area contributed by atoms with Crippen molar-refractivity contribution in [3.8, 4) is 0 Å². The standard InChI is InChI=1S/C13H17Cl2NO2S/c1-2-3-6-16-13(17)9-19(18)8-10-4-5-11(14)7-12(10)15/h4-5,7H,2-3,6,8-9H2,1H3,(H,16,17)/t19-/m0/s1. The van der Waals surface area contributed by atoms with E-state index in [0.717, 1.165) is 18.4 Å². The molecule has 6 heteroatoms. The van der Waals surface area contributed by atoms with Crippen LogP contribution in [0.15, 0.2) is 18.2 Å². The zero-order chi connectivity index (χ0) is 14.3. The first-order valence-corrected chi connectivity index (χ1v) is 8.33. The predicted octanol–water partition coefficient (Wildman–Crippen LogP) is 3.16. The van der Waals surface area contributed by atoms with Crippen molar-refractivity contribution in [3.63, 3.8) is 0 Å². The first-order chi connectivity index (χ1) is 9.02. The lowest BCUT2D eigenvalue weighted by atomic mass is 10.2. The highest BCUT2D eigenvalue weighted by Gasteiger charge is 2.10. The molecule has 1 aromatic rings. The van der Waals surface area contributed by atoms with Crippen molar-refractivity contribution >= 4 is 39.9 Å². The molecule has 0 saturated carbocycles. The van der Waals surface area contributed by atoms with Crippen LogP contribution in [0.25, 0.3) is 0 Å². The van der Waals surface area contributed by atoms with Gasteiger partial charge < -0.3 is 5.32 Å². The van der Waals surface area contributed by atoms with Gasteiger partial charge in [-0.1, -0.05) is 42.6 Å². The third-order valence-electron chi connectivity index (χ3n) is 2.48. The first kappa shape index (κ1) is 16.5. The molecule has 106 valence electrons. The molecule has 0 aromatic heterocycles. The van der Waals surface area contributed by atoms with Gasteiger partial charge in [0.15, 0.2) is 0 Å². The molecule has 19 heavy (non-hydrogen) atoms. The molecule has 0 bridgehead atoms. The van der Waals surface area contributed by atoms with E-state index >= 15 is 0 Å². The Bertz CT molecular complexity index is 466. The molecule has 1 N–H and O–H groups in total. The van der Waals surface area contributed by atoms with E-state index in [-0.39, 0.29) is 17.4 Å². The highest BCUT2D eigenvalue weighted by molar-refractivity contribution is 7.84. The average Bonchev–Trinajstić information content (AvgIpc) is 2.33. The van der Waals surface area contributed by atoms with Gasteiger partial charge in [-0.05, 0) is 24.1 Å². The monoisotopic (exact) mass is 321 g/mol. The molecule has 1 amide bonds. The van der Waals surface area contributed by atoms with Gasteiger partial charge >= 0.3 is 0 Å². The van der Waals surface area contributed by atoms with Crippen LogP contribution >= 0.6 is 23.2 Å². The zero-order valence-electron chi connectivity index (χ0n) is 10.7. The maximum absolute atomic E-state index is 11.9. The summed E-state index contributed by atoms with van der Waals surface area (Å²) in [5.41, 5.74) is 0.741. The van der Waals surface area contributed by atoms with Crippen molar-refractivity contribution in [3.05, 3.63) is 33.8 Å². The summed E-state index contributed by atoms with van der Waals surface area (Å²) in [4.78, 5) is 11.5. The van der Waals surface area contributed by atoms with Gasteiger partial charge in [0.2, 0.25) is 5.91 Å². The van der Waals surface area contributed by atoms with Crippen molar-refractivity contribution in [1.82, 2.24) is 5.32 Å². The third kappa shape index (κ3) is 6.41. The Balaban J connectivity index is 2.44. The van der Waals surface area contributed by atoms with Crippen LogP contribution in [0.4, 0.5) is 0 Å². The molecule has 0 heterocycles. The SMILES string of the molecule is CCCCNC(=O)C[S@@](=O)Cc1ccc(Cl)cc1Cl. The molecule has 0 fully saturated rings. The van der Waals surface area contributed by atoms with Crippen LogP contribution in [-0.2, 0) is 21.3 Å². The van der Waals surface area contributed by atoms with Crippen LogP contribution in [0, 0.1) is 0 Å². The molecule has 0 radical (unpaired) electrons. The lowest BCUT2D eigenvalue weighted by Crippen LogP contribution is -2.29. The maximum Gasteiger partial charge on any atom is 0.232 e. The molecule has 3 nitrogen and oxygen atoms in total. The quantitative estimate of drug-likeness (QED) is 0.784. The summed E-state index contributed by atoms with van der Waals surface area (Å²) in [6.07, 6.45) is 1.95. The van der Waals surface area contributed by atoms with E-state index in [2.05, 4.69) is 5.32 Å². The van der Waals surface area contributed by atoms with Gasteiger partial charge in [0, 0.05) is 27.4 Å². The Hall–Kier alpha value is -0.580. The minimum absolute atomic E-state index is 0.00265. The topological polar surface area (TPSA) is 46.2 Å². The zero-order valence-corrected chi connectivity index (χ0v) is 13.1. The summed E-state index contributed by atoms with van der Waals surface area (Å²) in [6, 6.07) is 5.04. The number of benzene rings is 1. The molecule has 0 saturated heterocycles.